The van der Waals surface area contributed by atoms with Gasteiger partial charge in [0.05, 0.1) is 13.2 Å². The number of ether oxygens (including phenoxy) is 1. The first kappa shape index (κ1) is 11.9. The van der Waals surface area contributed by atoms with Gasteiger partial charge in [-0.25, -0.2) is 0 Å². The Morgan fingerprint density at radius 1 is 1.60 bits per heavy atom. The van der Waals surface area contributed by atoms with Gasteiger partial charge in [0.2, 0.25) is 5.91 Å². The maximum Gasteiger partial charge on any atom is 0.323 e. The minimum atomic E-state index is -0.998. The van der Waals surface area contributed by atoms with Crippen LogP contribution in [0.2, 0.25) is 0 Å². The number of amides is 1. The van der Waals surface area contributed by atoms with Gasteiger partial charge in [-0.3, -0.25) is 9.59 Å². The van der Waals surface area contributed by atoms with E-state index in [4.69, 9.17) is 9.84 Å². The van der Waals surface area contributed by atoms with Gasteiger partial charge in [-0.2, -0.15) is 0 Å². The van der Waals surface area contributed by atoms with E-state index in [2.05, 4.69) is 5.32 Å². The van der Waals surface area contributed by atoms with Gasteiger partial charge in [0.25, 0.3) is 0 Å². The molecule has 1 unspecified atom stereocenters. The van der Waals surface area contributed by atoms with Gasteiger partial charge in [-0.15, -0.1) is 0 Å². The molecule has 86 valence electrons. The van der Waals surface area contributed by atoms with E-state index in [0.717, 1.165) is 0 Å². The number of carboxylic acids is 1. The lowest BCUT2D eigenvalue weighted by atomic mass is 10.2. The number of hydrogen-bond acceptors (Lipinski definition) is 4. The van der Waals surface area contributed by atoms with Gasteiger partial charge < -0.3 is 20.1 Å². The van der Waals surface area contributed by atoms with E-state index < -0.39 is 12.0 Å². The average Bonchev–Trinajstić information content (AvgIpc) is 2.26. The number of carbonyl (C=O) groups is 2. The number of likely N-dealkylation sites (N-methyl/N-ethyl adjacent to an activating group) is 1. The van der Waals surface area contributed by atoms with Crippen LogP contribution >= 0.6 is 0 Å². The van der Waals surface area contributed by atoms with Crippen molar-refractivity contribution in [2.45, 2.75) is 13.0 Å². The van der Waals surface area contributed by atoms with E-state index in [1.165, 1.54) is 4.90 Å². The highest BCUT2D eigenvalue weighted by Crippen LogP contribution is 2.00. The lowest BCUT2D eigenvalue weighted by molar-refractivity contribution is -0.146. The lowest BCUT2D eigenvalue weighted by Crippen LogP contribution is -2.53. The summed E-state index contributed by atoms with van der Waals surface area (Å²) in [5.41, 5.74) is 0. The molecule has 15 heavy (non-hydrogen) atoms. The molecule has 1 aliphatic rings. The number of rotatable bonds is 4. The number of nitrogens with zero attached hydrogens (tertiary/aromatic N) is 1. The maximum absolute atomic E-state index is 11.8. The predicted molar refractivity (Wildman–Crippen MR) is 52.5 cm³/mol. The minimum Gasteiger partial charge on any atom is -0.480 e. The molecule has 2 N–H and O–H groups in total. The van der Waals surface area contributed by atoms with Gasteiger partial charge in [-0.1, -0.05) is 0 Å². The Kier molecular flexibility index (Phi) is 4.51. The van der Waals surface area contributed by atoms with Crippen LogP contribution in [0.15, 0.2) is 0 Å². The summed E-state index contributed by atoms with van der Waals surface area (Å²) in [6.45, 7) is 3.42. The smallest absolute Gasteiger partial charge is 0.323 e. The normalized spacial score (nSPS) is 21.0. The second-order valence-corrected chi connectivity index (χ2v) is 3.33. The van der Waals surface area contributed by atoms with Crippen molar-refractivity contribution < 1.29 is 19.4 Å². The van der Waals surface area contributed by atoms with Crippen molar-refractivity contribution in [3.05, 3.63) is 0 Å². The molecule has 6 heteroatoms. The van der Waals surface area contributed by atoms with Crippen molar-refractivity contribution >= 4 is 11.9 Å². The summed E-state index contributed by atoms with van der Waals surface area (Å²) < 4.78 is 5.15. The fourth-order valence-electron chi connectivity index (χ4n) is 1.45. The van der Waals surface area contributed by atoms with Gasteiger partial charge in [0.15, 0.2) is 0 Å². The van der Waals surface area contributed by atoms with Gasteiger partial charge in [0.1, 0.15) is 12.6 Å². The number of morpholine rings is 1. The van der Waals surface area contributed by atoms with Crippen molar-refractivity contribution in [1.29, 1.82) is 0 Å². The zero-order chi connectivity index (χ0) is 11.3. The Morgan fingerprint density at radius 3 is 2.80 bits per heavy atom. The van der Waals surface area contributed by atoms with Crippen LogP contribution < -0.4 is 5.32 Å². The molecule has 1 saturated heterocycles. The van der Waals surface area contributed by atoms with Gasteiger partial charge in [0, 0.05) is 13.1 Å². The zero-order valence-corrected chi connectivity index (χ0v) is 8.73. The Bertz CT molecular complexity index is 238. The Hall–Kier alpha value is -1.14. The second-order valence-electron chi connectivity index (χ2n) is 3.33. The average molecular weight is 216 g/mol. The molecule has 1 fully saturated rings. The highest BCUT2D eigenvalue weighted by Gasteiger charge is 2.26. The Morgan fingerprint density at radius 2 is 2.33 bits per heavy atom. The number of carbonyl (C=O) groups excluding carboxylic acids is 1. The minimum absolute atomic E-state index is 0.209. The summed E-state index contributed by atoms with van der Waals surface area (Å²) in [6.07, 6.45) is 0. The molecule has 0 aliphatic carbocycles. The van der Waals surface area contributed by atoms with Crippen LogP contribution in [-0.4, -0.2) is 60.8 Å². The van der Waals surface area contributed by atoms with Crippen LogP contribution in [0, 0.1) is 0 Å². The molecule has 0 aromatic heterocycles. The first-order valence-electron chi connectivity index (χ1n) is 4.97. The van der Waals surface area contributed by atoms with E-state index in [-0.39, 0.29) is 12.5 Å². The van der Waals surface area contributed by atoms with E-state index >= 15 is 0 Å². The number of aliphatic carboxylic acids is 1. The fourth-order valence-corrected chi connectivity index (χ4v) is 1.45. The Labute approximate surface area is 88.2 Å². The molecule has 1 rings (SSSR count). The molecule has 1 aliphatic heterocycles. The monoisotopic (exact) mass is 216 g/mol. The van der Waals surface area contributed by atoms with Crippen molar-refractivity contribution in [1.82, 2.24) is 10.2 Å². The van der Waals surface area contributed by atoms with Gasteiger partial charge in [-0.05, 0) is 6.92 Å². The molecule has 1 amide bonds. The van der Waals surface area contributed by atoms with Crippen LogP contribution in [0.1, 0.15) is 6.92 Å². The predicted octanol–water partition coefficient (Wildman–Crippen LogP) is -1.09. The molecule has 0 spiro atoms. The van der Waals surface area contributed by atoms with Gasteiger partial charge >= 0.3 is 5.97 Å². The standard InChI is InChI=1S/C9H16N2O4/c1-2-11(5-8(12)13)9(14)7-6-15-4-3-10-7/h7,10H,2-6H2,1H3,(H,12,13). The van der Waals surface area contributed by atoms with Crippen molar-refractivity contribution in [3.8, 4) is 0 Å². The molecule has 0 aromatic carbocycles. The van der Waals surface area contributed by atoms with Crippen molar-refractivity contribution in [3.63, 3.8) is 0 Å². The molecule has 1 heterocycles. The van der Waals surface area contributed by atoms with E-state index in [1.54, 1.807) is 6.92 Å². The summed E-state index contributed by atoms with van der Waals surface area (Å²) >= 11 is 0. The van der Waals surface area contributed by atoms with E-state index in [1.807, 2.05) is 0 Å². The third-order valence-corrected chi connectivity index (χ3v) is 2.24. The molecule has 1 atom stereocenters. The first-order valence-corrected chi connectivity index (χ1v) is 4.97. The third-order valence-electron chi connectivity index (χ3n) is 2.24. The molecular weight excluding hydrogens is 200 g/mol. The van der Waals surface area contributed by atoms with Crippen LogP contribution in [0.3, 0.4) is 0 Å². The molecule has 0 aromatic rings. The number of nitrogens with one attached hydrogen (secondary N) is 1. The third kappa shape index (κ3) is 3.49. The SMILES string of the molecule is CCN(CC(=O)O)C(=O)C1COCCN1. The second kappa shape index (κ2) is 5.67. The molecule has 0 radical (unpaired) electrons. The molecule has 0 saturated carbocycles. The molecule has 0 bridgehead atoms. The van der Waals surface area contributed by atoms with E-state index in [0.29, 0.717) is 26.3 Å². The topological polar surface area (TPSA) is 78.9 Å². The fraction of sp³-hybridized carbons (Fsp3) is 0.778. The van der Waals surface area contributed by atoms with Crippen molar-refractivity contribution in [2.75, 3.05) is 32.8 Å². The maximum atomic E-state index is 11.8. The quantitative estimate of drug-likeness (QED) is 0.624. The number of carboxylic acid groups (broad SMARTS) is 1. The Balaban J connectivity index is 2.50. The molecule has 6 nitrogen and oxygen atoms in total. The molecular formula is C9H16N2O4. The summed E-state index contributed by atoms with van der Waals surface area (Å²) in [7, 11) is 0. The van der Waals surface area contributed by atoms with Crippen molar-refractivity contribution in [2.24, 2.45) is 0 Å². The van der Waals surface area contributed by atoms with Crippen LogP contribution in [-0.2, 0) is 14.3 Å². The number of hydrogen-bond donors (Lipinski definition) is 2. The van der Waals surface area contributed by atoms with Crippen LogP contribution in [0.5, 0.6) is 0 Å². The van der Waals surface area contributed by atoms with Crippen LogP contribution in [0.25, 0.3) is 0 Å². The highest BCUT2D eigenvalue weighted by atomic mass is 16.5. The summed E-state index contributed by atoms with van der Waals surface area (Å²) in [4.78, 5) is 23.6. The summed E-state index contributed by atoms with van der Waals surface area (Å²) in [5.74, 6) is -1.21. The highest BCUT2D eigenvalue weighted by molar-refractivity contribution is 5.85. The van der Waals surface area contributed by atoms with Crippen LogP contribution in [0.4, 0.5) is 0 Å². The lowest BCUT2D eigenvalue weighted by Gasteiger charge is -2.28. The van der Waals surface area contributed by atoms with E-state index in [9.17, 15) is 9.59 Å². The summed E-state index contributed by atoms with van der Waals surface area (Å²) in [5, 5.41) is 11.6. The first-order chi connectivity index (χ1) is 7.15. The largest absolute Gasteiger partial charge is 0.480 e. The zero-order valence-electron chi connectivity index (χ0n) is 8.73. The summed E-state index contributed by atoms with van der Waals surface area (Å²) in [6, 6.07) is -0.405.